The van der Waals surface area contributed by atoms with Gasteiger partial charge in [0, 0.05) is 18.7 Å². The summed E-state index contributed by atoms with van der Waals surface area (Å²) in [4.78, 5) is 23.0. The quantitative estimate of drug-likeness (QED) is 0.218. The van der Waals surface area contributed by atoms with E-state index >= 15 is 0 Å². The lowest BCUT2D eigenvalue weighted by molar-refractivity contribution is -0.114. The maximum absolute atomic E-state index is 13.2. The number of fused-ring (bicyclic) bond motifs is 3. The van der Waals surface area contributed by atoms with E-state index in [1.54, 1.807) is 18.2 Å². The highest BCUT2D eigenvalue weighted by Gasteiger charge is 2.33. The lowest BCUT2D eigenvalue weighted by Gasteiger charge is -2.12. The highest BCUT2D eigenvalue weighted by molar-refractivity contribution is 7.93. The molecule has 1 atom stereocenters. The Morgan fingerprint density at radius 3 is 1.73 bits per heavy atom. The van der Waals surface area contributed by atoms with Gasteiger partial charge in [-0.25, -0.2) is 16.8 Å². The molecular formula is C27H22N4O7S2. The van der Waals surface area contributed by atoms with Crippen molar-refractivity contribution < 1.29 is 26.7 Å². The van der Waals surface area contributed by atoms with Gasteiger partial charge in [0.15, 0.2) is 0 Å². The van der Waals surface area contributed by atoms with Gasteiger partial charge in [0.1, 0.15) is 11.8 Å². The molecule has 0 saturated carbocycles. The Balaban J connectivity index is 1.45. The van der Waals surface area contributed by atoms with Crippen LogP contribution in [-0.2, 0) is 24.8 Å². The average Bonchev–Trinajstić information content (AvgIpc) is 3.20. The van der Waals surface area contributed by atoms with E-state index in [4.69, 9.17) is 0 Å². The first kappa shape index (κ1) is 26.8. The Kier molecular flexibility index (Phi) is 6.77. The second kappa shape index (κ2) is 10.1. The number of carbonyl (C=O) groups is 1. The van der Waals surface area contributed by atoms with Crippen LogP contribution in [0.4, 0.5) is 17.1 Å². The normalized spacial score (nSPS) is 14.1. The number of nitroso groups, excluding NO2 is 1. The number of phenolic OH excluding ortho intramolecular Hbond substituents is 1. The van der Waals surface area contributed by atoms with E-state index in [9.17, 15) is 31.6 Å². The minimum Gasteiger partial charge on any atom is -0.508 e. The van der Waals surface area contributed by atoms with Crippen LogP contribution in [0.3, 0.4) is 0 Å². The number of hydrogen-bond acceptors (Lipinski definition) is 8. The van der Waals surface area contributed by atoms with Crippen molar-refractivity contribution in [1.82, 2.24) is 0 Å². The molecule has 11 nitrogen and oxygen atoms in total. The van der Waals surface area contributed by atoms with Crippen molar-refractivity contribution in [2.24, 2.45) is 5.18 Å². The van der Waals surface area contributed by atoms with Gasteiger partial charge in [0.05, 0.1) is 21.2 Å². The minimum absolute atomic E-state index is 0.115. The highest BCUT2D eigenvalue weighted by Crippen LogP contribution is 2.47. The summed E-state index contributed by atoms with van der Waals surface area (Å²) in [6.07, 6.45) is 0. The van der Waals surface area contributed by atoms with Crippen molar-refractivity contribution in [1.29, 1.82) is 0 Å². The van der Waals surface area contributed by atoms with Gasteiger partial charge in [0.2, 0.25) is 5.91 Å². The molecule has 4 aromatic carbocycles. The van der Waals surface area contributed by atoms with Gasteiger partial charge in [-0.05, 0) is 76.9 Å². The topological polar surface area (TPSA) is 171 Å². The molecule has 13 heteroatoms. The largest absolute Gasteiger partial charge is 0.508 e. The lowest BCUT2D eigenvalue weighted by atomic mass is 10.1. The first-order valence-electron chi connectivity index (χ1n) is 11.8. The lowest BCUT2D eigenvalue weighted by Crippen LogP contribution is -2.14. The number of nitrogens with zero attached hydrogens (tertiary/aromatic N) is 1. The van der Waals surface area contributed by atoms with Gasteiger partial charge in [-0.1, -0.05) is 29.4 Å². The predicted molar refractivity (Wildman–Crippen MR) is 150 cm³/mol. The van der Waals surface area contributed by atoms with E-state index < -0.39 is 26.1 Å². The number of anilines is 3. The molecule has 0 heterocycles. The van der Waals surface area contributed by atoms with Crippen LogP contribution in [0.15, 0.2) is 99.9 Å². The Bertz CT molecular complexity index is 1890. The Labute approximate surface area is 230 Å². The molecule has 4 N–H and O–H groups in total. The van der Waals surface area contributed by atoms with Gasteiger partial charge in [0.25, 0.3) is 20.0 Å². The van der Waals surface area contributed by atoms with Crippen molar-refractivity contribution >= 4 is 43.0 Å². The van der Waals surface area contributed by atoms with Crippen molar-refractivity contribution in [3.8, 4) is 16.9 Å². The van der Waals surface area contributed by atoms with Crippen molar-refractivity contribution in [2.75, 3.05) is 14.8 Å². The summed E-state index contributed by atoms with van der Waals surface area (Å²) in [5, 5.41) is 15.4. The van der Waals surface area contributed by atoms with E-state index in [0.717, 1.165) is 0 Å². The fourth-order valence-corrected chi connectivity index (χ4v) is 6.67. The number of hydrogen-bond donors (Lipinski definition) is 4. The molecule has 0 fully saturated rings. The van der Waals surface area contributed by atoms with Crippen molar-refractivity contribution in [3.63, 3.8) is 0 Å². The number of carbonyl (C=O) groups excluding carboxylic acids is 1. The molecule has 0 spiro atoms. The average molecular weight is 579 g/mol. The van der Waals surface area contributed by atoms with Gasteiger partial charge >= 0.3 is 0 Å². The number of amides is 1. The minimum atomic E-state index is -4.10. The van der Waals surface area contributed by atoms with Gasteiger partial charge in [-0.15, -0.1) is 4.91 Å². The number of benzene rings is 4. The van der Waals surface area contributed by atoms with Crippen LogP contribution in [0.25, 0.3) is 11.1 Å². The fourth-order valence-electron chi connectivity index (χ4n) is 4.50. The van der Waals surface area contributed by atoms with E-state index in [2.05, 4.69) is 19.9 Å². The van der Waals surface area contributed by atoms with Crippen molar-refractivity contribution in [3.05, 3.63) is 101 Å². The summed E-state index contributed by atoms with van der Waals surface area (Å²) < 4.78 is 57.2. The summed E-state index contributed by atoms with van der Waals surface area (Å²) >= 11 is 0. The first-order valence-corrected chi connectivity index (χ1v) is 14.8. The monoisotopic (exact) mass is 578 g/mol. The van der Waals surface area contributed by atoms with Crippen LogP contribution >= 0.6 is 0 Å². The first-order chi connectivity index (χ1) is 19.0. The summed E-state index contributed by atoms with van der Waals surface area (Å²) in [5.74, 6) is -0.424. The molecule has 0 aromatic heterocycles. The highest BCUT2D eigenvalue weighted by atomic mass is 32.2. The number of aromatic hydroxyl groups is 1. The summed E-state index contributed by atoms with van der Waals surface area (Å²) in [6.45, 7) is 1.33. The molecule has 1 aliphatic carbocycles. The van der Waals surface area contributed by atoms with Crippen LogP contribution in [0.1, 0.15) is 24.1 Å². The molecule has 204 valence electrons. The zero-order valence-corrected chi connectivity index (χ0v) is 22.5. The van der Waals surface area contributed by atoms with Crippen LogP contribution in [0, 0.1) is 4.91 Å². The van der Waals surface area contributed by atoms with E-state index in [-0.39, 0.29) is 32.8 Å². The molecule has 0 aliphatic heterocycles. The SMILES string of the molecule is CC(=O)Nc1cccc(NS(=O)(=O)c2ccc3c(c2)C(N=O)c2cc(S(=O)(=O)Nc4cccc(O)c4)ccc2-3)c1. The molecule has 4 aromatic rings. The smallest absolute Gasteiger partial charge is 0.261 e. The van der Waals surface area contributed by atoms with Crippen molar-refractivity contribution in [2.45, 2.75) is 22.8 Å². The molecular weight excluding hydrogens is 556 g/mol. The summed E-state index contributed by atoms with van der Waals surface area (Å²) in [7, 11) is -8.19. The summed E-state index contributed by atoms with van der Waals surface area (Å²) in [6, 6.07) is 19.1. The molecule has 1 aliphatic rings. The molecule has 0 radical (unpaired) electrons. The number of sulfonamides is 2. The van der Waals surface area contributed by atoms with Gasteiger partial charge in [-0.2, -0.15) is 0 Å². The van der Waals surface area contributed by atoms with Crippen LogP contribution < -0.4 is 14.8 Å². The third-order valence-electron chi connectivity index (χ3n) is 6.18. The van der Waals surface area contributed by atoms with E-state index in [0.29, 0.717) is 27.9 Å². The number of rotatable bonds is 8. The molecule has 0 bridgehead atoms. The Hall–Kier alpha value is -4.75. The second-order valence-electron chi connectivity index (χ2n) is 9.03. The van der Waals surface area contributed by atoms with Gasteiger partial charge < -0.3 is 10.4 Å². The molecule has 1 amide bonds. The molecule has 40 heavy (non-hydrogen) atoms. The molecule has 0 saturated heterocycles. The van der Waals surface area contributed by atoms with Gasteiger partial charge in [-0.3, -0.25) is 14.2 Å². The third-order valence-corrected chi connectivity index (χ3v) is 8.94. The molecule has 5 rings (SSSR count). The summed E-state index contributed by atoms with van der Waals surface area (Å²) in [5.41, 5.74) is 2.51. The predicted octanol–water partition coefficient (Wildman–Crippen LogP) is 4.79. The Morgan fingerprint density at radius 2 is 1.23 bits per heavy atom. The standard InChI is InChI=1S/C27H22N4O7S2/c1-16(32)28-17-4-2-5-18(12-17)30-39(35,36)21-8-10-23-24-11-9-22(15-26(24)27(29-34)25(23)14-21)40(37,38)31-19-6-3-7-20(33)13-19/h2-15,27,30-31,33H,1H3,(H,28,32). The van der Waals surface area contributed by atoms with E-state index in [1.807, 2.05) is 0 Å². The zero-order chi connectivity index (χ0) is 28.7. The van der Waals surface area contributed by atoms with E-state index in [1.165, 1.54) is 73.7 Å². The number of phenols is 1. The number of nitrogens with one attached hydrogen (secondary N) is 3. The maximum Gasteiger partial charge on any atom is 0.261 e. The van der Waals surface area contributed by atoms with Crippen LogP contribution in [-0.4, -0.2) is 27.8 Å². The zero-order valence-electron chi connectivity index (χ0n) is 20.8. The second-order valence-corrected chi connectivity index (χ2v) is 12.4. The van der Waals surface area contributed by atoms with Crippen LogP contribution in [0.2, 0.25) is 0 Å². The fraction of sp³-hybridized carbons (Fsp3) is 0.0741. The maximum atomic E-state index is 13.2. The third kappa shape index (κ3) is 5.24. The molecule has 1 unspecified atom stereocenters. The van der Waals surface area contributed by atoms with Crippen LogP contribution in [0.5, 0.6) is 5.75 Å². The Morgan fingerprint density at radius 1 is 0.725 bits per heavy atom.